The van der Waals surface area contributed by atoms with E-state index in [0.29, 0.717) is 23.7 Å². The Bertz CT molecular complexity index is 456. The van der Waals surface area contributed by atoms with Crippen LogP contribution >= 0.6 is 11.6 Å². The summed E-state index contributed by atoms with van der Waals surface area (Å²) in [5.74, 6) is -0.0807. The molecule has 0 aliphatic rings. The molecule has 0 fully saturated rings. The molecule has 4 nitrogen and oxygen atoms in total. The second kappa shape index (κ2) is 6.26. The molecule has 0 heterocycles. The summed E-state index contributed by atoms with van der Waals surface area (Å²) in [5.41, 5.74) is 6.75. The minimum atomic E-state index is -0.564. The Kier molecular flexibility index (Phi) is 5.20. The molecule has 1 aromatic carbocycles. The van der Waals surface area contributed by atoms with E-state index in [2.05, 4.69) is 5.32 Å². The molecule has 0 aliphatic heterocycles. The third kappa shape index (κ3) is 3.61. The van der Waals surface area contributed by atoms with Gasteiger partial charge in [-0.15, -0.1) is 0 Å². The maximum Gasteiger partial charge on any atom is 0.231 e. The molecule has 0 radical (unpaired) electrons. The SMILES string of the molecule is CCC(C)(CN)C(=O)Nc1cc(Cl)ccc1N(C)C. The molecule has 1 unspecified atom stereocenters. The molecule has 5 heteroatoms. The number of benzene rings is 1. The zero-order valence-corrected chi connectivity index (χ0v) is 12.7. The van der Waals surface area contributed by atoms with E-state index in [0.717, 1.165) is 5.69 Å². The zero-order valence-electron chi connectivity index (χ0n) is 12.0. The molecule has 1 amide bonds. The summed E-state index contributed by atoms with van der Waals surface area (Å²) in [6.07, 6.45) is 0.688. The van der Waals surface area contributed by atoms with Crippen LogP contribution in [0.3, 0.4) is 0 Å². The minimum Gasteiger partial charge on any atom is -0.376 e. The van der Waals surface area contributed by atoms with Crippen molar-refractivity contribution in [2.45, 2.75) is 20.3 Å². The zero-order chi connectivity index (χ0) is 14.6. The van der Waals surface area contributed by atoms with Crippen molar-refractivity contribution in [2.75, 3.05) is 30.9 Å². The Morgan fingerprint density at radius 1 is 1.47 bits per heavy atom. The number of carbonyl (C=O) groups is 1. The highest BCUT2D eigenvalue weighted by atomic mass is 35.5. The van der Waals surface area contributed by atoms with Gasteiger partial charge in [0.25, 0.3) is 0 Å². The molecule has 0 bridgehead atoms. The fourth-order valence-corrected chi connectivity index (χ4v) is 1.84. The van der Waals surface area contributed by atoms with Crippen LogP contribution in [0.4, 0.5) is 11.4 Å². The Morgan fingerprint density at radius 3 is 2.58 bits per heavy atom. The van der Waals surface area contributed by atoms with Crippen LogP contribution in [0.2, 0.25) is 5.02 Å². The lowest BCUT2D eigenvalue weighted by Crippen LogP contribution is -2.39. The molecule has 0 aliphatic carbocycles. The standard InChI is InChI=1S/C14H22ClN3O/c1-5-14(2,9-16)13(19)17-11-8-10(15)6-7-12(11)18(3)4/h6-8H,5,9,16H2,1-4H3,(H,17,19). The average molecular weight is 284 g/mol. The van der Waals surface area contributed by atoms with Gasteiger partial charge in [0, 0.05) is 25.7 Å². The van der Waals surface area contributed by atoms with E-state index in [9.17, 15) is 4.79 Å². The Labute approximate surface area is 119 Å². The first-order chi connectivity index (χ1) is 8.84. The normalized spacial score (nSPS) is 13.8. The summed E-state index contributed by atoms with van der Waals surface area (Å²) in [7, 11) is 3.84. The molecule has 0 aromatic heterocycles. The number of hydrogen-bond acceptors (Lipinski definition) is 3. The lowest BCUT2D eigenvalue weighted by Gasteiger charge is -2.26. The van der Waals surface area contributed by atoms with Crippen molar-refractivity contribution in [3.63, 3.8) is 0 Å². The number of nitrogens with one attached hydrogen (secondary N) is 1. The molecule has 0 saturated carbocycles. The minimum absolute atomic E-state index is 0.0807. The van der Waals surface area contributed by atoms with Crippen molar-refractivity contribution in [3.05, 3.63) is 23.2 Å². The molecule has 1 aromatic rings. The Hall–Kier alpha value is -1.26. The van der Waals surface area contributed by atoms with E-state index in [1.165, 1.54) is 0 Å². The second-order valence-corrected chi connectivity index (χ2v) is 5.56. The van der Waals surface area contributed by atoms with Crippen LogP contribution in [-0.2, 0) is 4.79 Å². The number of amides is 1. The number of nitrogens with zero attached hydrogens (tertiary/aromatic N) is 1. The maximum absolute atomic E-state index is 12.3. The van der Waals surface area contributed by atoms with E-state index in [4.69, 9.17) is 17.3 Å². The summed E-state index contributed by atoms with van der Waals surface area (Å²) in [6, 6.07) is 5.43. The average Bonchev–Trinajstić information content (AvgIpc) is 2.37. The highest BCUT2D eigenvalue weighted by Crippen LogP contribution is 2.30. The van der Waals surface area contributed by atoms with Gasteiger partial charge in [-0.25, -0.2) is 0 Å². The molecule has 3 N–H and O–H groups in total. The molecule has 19 heavy (non-hydrogen) atoms. The van der Waals surface area contributed by atoms with Crippen LogP contribution in [0.1, 0.15) is 20.3 Å². The highest BCUT2D eigenvalue weighted by Gasteiger charge is 2.30. The number of halogens is 1. The van der Waals surface area contributed by atoms with Crippen molar-refractivity contribution < 1.29 is 4.79 Å². The van der Waals surface area contributed by atoms with Crippen LogP contribution in [0.15, 0.2) is 18.2 Å². The van der Waals surface area contributed by atoms with E-state index < -0.39 is 5.41 Å². The molecule has 1 rings (SSSR count). The molecule has 0 saturated heterocycles. The number of hydrogen-bond donors (Lipinski definition) is 2. The van der Waals surface area contributed by atoms with Gasteiger partial charge < -0.3 is 16.0 Å². The van der Waals surface area contributed by atoms with E-state index in [1.807, 2.05) is 38.9 Å². The van der Waals surface area contributed by atoms with Crippen LogP contribution in [0.25, 0.3) is 0 Å². The monoisotopic (exact) mass is 283 g/mol. The fourth-order valence-electron chi connectivity index (χ4n) is 1.67. The van der Waals surface area contributed by atoms with Crippen molar-refractivity contribution in [1.29, 1.82) is 0 Å². The predicted octanol–water partition coefficient (Wildman–Crippen LogP) is 2.72. The van der Waals surface area contributed by atoms with Gasteiger partial charge in [0.15, 0.2) is 0 Å². The van der Waals surface area contributed by atoms with Gasteiger partial charge >= 0.3 is 0 Å². The molecule has 0 spiro atoms. The first kappa shape index (κ1) is 15.8. The topological polar surface area (TPSA) is 58.4 Å². The summed E-state index contributed by atoms with van der Waals surface area (Å²) >= 11 is 5.99. The van der Waals surface area contributed by atoms with Crippen LogP contribution < -0.4 is 16.0 Å². The molecular weight excluding hydrogens is 262 g/mol. The van der Waals surface area contributed by atoms with Crippen molar-refractivity contribution in [2.24, 2.45) is 11.1 Å². The first-order valence-electron chi connectivity index (χ1n) is 6.32. The summed E-state index contributed by atoms with van der Waals surface area (Å²) in [6.45, 7) is 4.13. The molecule has 106 valence electrons. The van der Waals surface area contributed by atoms with Gasteiger partial charge in [0.2, 0.25) is 5.91 Å². The Morgan fingerprint density at radius 2 is 2.11 bits per heavy atom. The predicted molar refractivity (Wildman–Crippen MR) is 81.9 cm³/mol. The summed E-state index contributed by atoms with van der Waals surface area (Å²) in [5, 5.41) is 3.52. The number of nitrogens with two attached hydrogens (primary N) is 1. The van der Waals surface area contributed by atoms with Gasteiger partial charge in [-0.3, -0.25) is 4.79 Å². The lowest BCUT2D eigenvalue weighted by atomic mass is 9.86. The fraction of sp³-hybridized carbons (Fsp3) is 0.500. The summed E-state index contributed by atoms with van der Waals surface area (Å²) in [4.78, 5) is 14.3. The Balaban J connectivity index is 3.05. The third-order valence-corrected chi connectivity index (χ3v) is 3.70. The van der Waals surface area contributed by atoms with Crippen LogP contribution in [0.5, 0.6) is 0 Å². The van der Waals surface area contributed by atoms with Crippen molar-refractivity contribution in [3.8, 4) is 0 Å². The second-order valence-electron chi connectivity index (χ2n) is 5.13. The van der Waals surface area contributed by atoms with Crippen molar-refractivity contribution >= 4 is 28.9 Å². The summed E-state index contributed by atoms with van der Waals surface area (Å²) < 4.78 is 0. The van der Waals surface area contributed by atoms with Crippen LogP contribution in [-0.4, -0.2) is 26.5 Å². The largest absolute Gasteiger partial charge is 0.376 e. The number of carbonyl (C=O) groups excluding carboxylic acids is 1. The highest BCUT2D eigenvalue weighted by molar-refractivity contribution is 6.31. The van der Waals surface area contributed by atoms with Crippen LogP contribution in [0, 0.1) is 5.41 Å². The molecular formula is C14H22ClN3O. The van der Waals surface area contributed by atoms with Gasteiger partial charge in [0.1, 0.15) is 0 Å². The van der Waals surface area contributed by atoms with E-state index >= 15 is 0 Å². The quantitative estimate of drug-likeness (QED) is 0.873. The number of anilines is 2. The van der Waals surface area contributed by atoms with E-state index in [-0.39, 0.29) is 5.91 Å². The third-order valence-electron chi connectivity index (χ3n) is 3.47. The number of rotatable bonds is 5. The van der Waals surface area contributed by atoms with Gasteiger partial charge in [-0.1, -0.05) is 18.5 Å². The van der Waals surface area contributed by atoms with Gasteiger partial charge in [-0.2, -0.15) is 0 Å². The molecule has 1 atom stereocenters. The van der Waals surface area contributed by atoms with Gasteiger partial charge in [-0.05, 0) is 31.5 Å². The maximum atomic E-state index is 12.3. The van der Waals surface area contributed by atoms with Crippen molar-refractivity contribution in [1.82, 2.24) is 0 Å². The lowest BCUT2D eigenvalue weighted by molar-refractivity contribution is -0.124. The van der Waals surface area contributed by atoms with E-state index in [1.54, 1.807) is 12.1 Å². The van der Waals surface area contributed by atoms with Gasteiger partial charge in [0.05, 0.1) is 16.8 Å². The first-order valence-corrected chi connectivity index (χ1v) is 6.70. The smallest absolute Gasteiger partial charge is 0.231 e.